The van der Waals surface area contributed by atoms with Crippen molar-refractivity contribution >= 4 is 17.4 Å². The van der Waals surface area contributed by atoms with Crippen LogP contribution in [0.15, 0.2) is 47.6 Å². The number of fused-ring (bicyclic) bond motifs is 3. The quantitative estimate of drug-likeness (QED) is 0.676. The van der Waals surface area contributed by atoms with Gasteiger partial charge in [-0.3, -0.25) is 14.5 Å². The van der Waals surface area contributed by atoms with E-state index in [-0.39, 0.29) is 35.1 Å². The van der Waals surface area contributed by atoms with Gasteiger partial charge in [0.1, 0.15) is 11.9 Å². The summed E-state index contributed by atoms with van der Waals surface area (Å²) in [4.78, 5) is 30.0. The average Bonchev–Trinajstić information content (AvgIpc) is 3.11. The van der Waals surface area contributed by atoms with Gasteiger partial charge >= 0.3 is 5.97 Å². The van der Waals surface area contributed by atoms with E-state index in [4.69, 9.17) is 9.47 Å². The second kappa shape index (κ2) is 8.07. The van der Waals surface area contributed by atoms with Crippen molar-refractivity contribution in [3.63, 3.8) is 0 Å². The molecule has 0 bridgehead atoms. The van der Waals surface area contributed by atoms with Crippen molar-refractivity contribution in [3.8, 4) is 5.75 Å². The number of methoxy groups -OCH3 is 1. The van der Waals surface area contributed by atoms with E-state index < -0.39 is 0 Å². The van der Waals surface area contributed by atoms with Crippen LogP contribution in [0.4, 0.5) is 5.69 Å². The summed E-state index contributed by atoms with van der Waals surface area (Å²) in [5.74, 6) is 0.882. The zero-order valence-corrected chi connectivity index (χ0v) is 19.2. The molecule has 2 aliphatic carbocycles. The molecule has 2 heterocycles. The highest BCUT2D eigenvalue weighted by atomic mass is 16.6. The zero-order chi connectivity index (χ0) is 22.5. The third kappa shape index (κ3) is 3.45. The van der Waals surface area contributed by atoms with E-state index in [1.54, 1.807) is 13.2 Å². The van der Waals surface area contributed by atoms with Gasteiger partial charge in [0, 0.05) is 49.6 Å². The molecule has 3 fully saturated rings. The molecule has 4 atom stereocenters. The molecule has 0 aromatic heterocycles. The van der Waals surface area contributed by atoms with Crippen molar-refractivity contribution in [2.45, 2.75) is 32.8 Å². The second-order valence-corrected chi connectivity index (χ2v) is 9.78. The van der Waals surface area contributed by atoms with Crippen LogP contribution in [0.25, 0.3) is 0 Å². The minimum absolute atomic E-state index is 0.0464. The number of anilines is 1. The predicted octanol–water partition coefficient (Wildman–Crippen LogP) is 3.23. The van der Waals surface area contributed by atoms with Crippen molar-refractivity contribution in [2.75, 3.05) is 44.7 Å². The Labute approximate surface area is 189 Å². The Kier molecular flexibility index (Phi) is 5.36. The Morgan fingerprint density at radius 1 is 1.16 bits per heavy atom. The molecule has 6 nitrogen and oxygen atoms in total. The molecule has 170 valence electrons. The lowest BCUT2D eigenvalue weighted by atomic mass is 9.61. The first-order chi connectivity index (χ1) is 15.4. The second-order valence-electron chi connectivity index (χ2n) is 9.78. The van der Waals surface area contributed by atoms with E-state index in [0.717, 1.165) is 68.1 Å². The van der Waals surface area contributed by atoms with E-state index in [1.165, 1.54) is 0 Å². The van der Waals surface area contributed by atoms with Crippen LogP contribution in [-0.2, 0) is 14.3 Å². The number of nitrogens with zero attached hydrogens (tertiary/aromatic N) is 2. The van der Waals surface area contributed by atoms with Gasteiger partial charge in [0.25, 0.3) is 0 Å². The van der Waals surface area contributed by atoms with Crippen LogP contribution < -0.4 is 9.64 Å². The summed E-state index contributed by atoms with van der Waals surface area (Å²) >= 11 is 0. The highest BCUT2D eigenvalue weighted by molar-refractivity contribution is 6.05. The maximum Gasteiger partial charge on any atom is 0.311 e. The monoisotopic (exact) mass is 436 g/mol. The number of hydrogen-bond donors (Lipinski definition) is 0. The molecule has 1 saturated carbocycles. The summed E-state index contributed by atoms with van der Waals surface area (Å²) in [7, 11) is 1.71. The summed E-state index contributed by atoms with van der Waals surface area (Å²) in [6.45, 7) is 8.39. The summed E-state index contributed by atoms with van der Waals surface area (Å²) in [5.41, 5.74) is 2.76. The normalized spacial score (nSPS) is 32.6. The van der Waals surface area contributed by atoms with Gasteiger partial charge in [-0.25, -0.2) is 0 Å². The Morgan fingerprint density at radius 3 is 2.66 bits per heavy atom. The molecule has 5 rings (SSSR count). The van der Waals surface area contributed by atoms with E-state index in [9.17, 15) is 9.59 Å². The Bertz CT molecular complexity index is 991. The fourth-order valence-electron chi connectivity index (χ4n) is 6.12. The van der Waals surface area contributed by atoms with E-state index >= 15 is 0 Å². The first kappa shape index (κ1) is 21.3. The number of allylic oxidation sites excluding steroid dienone is 3. The van der Waals surface area contributed by atoms with Gasteiger partial charge < -0.3 is 14.4 Å². The summed E-state index contributed by atoms with van der Waals surface area (Å²) in [6, 6.07) is 8.12. The first-order valence-corrected chi connectivity index (χ1v) is 11.7. The predicted molar refractivity (Wildman–Crippen MR) is 123 cm³/mol. The van der Waals surface area contributed by atoms with Crippen LogP contribution in [0.3, 0.4) is 0 Å². The van der Waals surface area contributed by atoms with Gasteiger partial charge in [-0.05, 0) is 43.5 Å². The van der Waals surface area contributed by atoms with Crippen LogP contribution in [0.5, 0.6) is 5.75 Å². The molecule has 2 saturated heterocycles. The number of carbonyl (C=O) groups is 2. The Morgan fingerprint density at radius 2 is 1.91 bits per heavy atom. The average molecular weight is 437 g/mol. The maximum absolute atomic E-state index is 12.9. The fourth-order valence-corrected chi connectivity index (χ4v) is 6.12. The van der Waals surface area contributed by atoms with Crippen molar-refractivity contribution in [2.24, 2.45) is 17.3 Å². The lowest BCUT2D eigenvalue weighted by molar-refractivity contribution is -0.144. The third-order valence-corrected chi connectivity index (χ3v) is 7.98. The molecular formula is C26H32N2O4. The van der Waals surface area contributed by atoms with Crippen LogP contribution in [0, 0.1) is 17.3 Å². The molecule has 0 radical (unpaired) electrons. The molecule has 4 aliphatic rings. The van der Waals surface area contributed by atoms with Crippen LogP contribution >= 0.6 is 0 Å². The molecule has 32 heavy (non-hydrogen) atoms. The van der Waals surface area contributed by atoms with E-state index in [0.29, 0.717) is 0 Å². The van der Waals surface area contributed by atoms with E-state index in [2.05, 4.69) is 22.8 Å². The SMILES string of the molecule is COc1ccccc1N1CCN(CC2C(=O)O[C@@H]3C4=C(C)C(=O)C=C[C@]4(C)CC[C@@H]23)CC1. The number of ether oxygens (including phenoxy) is 2. The summed E-state index contributed by atoms with van der Waals surface area (Å²) in [6.07, 6.45) is 5.36. The first-order valence-electron chi connectivity index (χ1n) is 11.7. The Hall–Kier alpha value is -2.60. The lowest BCUT2D eigenvalue weighted by Crippen LogP contribution is -2.49. The molecule has 1 unspecified atom stereocenters. The number of piperazine rings is 1. The minimum atomic E-state index is -0.255. The van der Waals surface area contributed by atoms with Crippen LogP contribution in [0.1, 0.15) is 26.7 Å². The van der Waals surface area contributed by atoms with Gasteiger partial charge in [0.2, 0.25) is 0 Å². The summed E-state index contributed by atoms with van der Waals surface area (Å²) in [5, 5.41) is 0. The van der Waals surface area contributed by atoms with Gasteiger partial charge in [-0.1, -0.05) is 25.1 Å². The number of hydrogen-bond acceptors (Lipinski definition) is 6. The molecule has 1 aromatic rings. The lowest BCUT2D eigenvalue weighted by Gasteiger charge is -2.43. The standard InChI is InChI=1S/C26H32N2O4/c1-17-21(29)9-11-26(2)10-8-18-19(25(30)32-24(18)23(17)26)16-27-12-14-28(15-13-27)20-6-4-5-7-22(20)31-3/h4-7,9,11,18-19,24H,8,10,12-16H2,1-3H3/t18-,19?,24-,26-/m0/s1. The molecule has 1 aromatic carbocycles. The summed E-state index contributed by atoms with van der Waals surface area (Å²) < 4.78 is 11.5. The maximum atomic E-state index is 12.9. The number of rotatable bonds is 4. The number of esters is 1. The highest BCUT2D eigenvalue weighted by Crippen LogP contribution is 2.53. The number of benzene rings is 1. The van der Waals surface area contributed by atoms with Crippen molar-refractivity contribution < 1.29 is 19.1 Å². The smallest absolute Gasteiger partial charge is 0.311 e. The van der Waals surface area contributed by atoms with Gasteiger partial charge in [0.15, 0.2) is 5.78 Å². The molecule has 0 N–H and O–H groups in total. The minimum Gasteiger partial charge on any atom is -0.495 e. The molecule has 6 heteroatoms. The van der Waals surface area contributed by atoms with Gasteiger partial charge in [0.05, 0.1) is 18.7 Å². The highest BCUT2D eigenvalue weighted by Gasteiger charge is 2.54. The van der Waals surface area contributed by atoms with Crippen molar-refractivity contribution in [1.82, 2.24) is 4.90 Å². The number of carbonyl (C=O) groups excluding carboxylic acids is 2. The van der Waals surface area contributed by atoms with Crippen LogP contribution in [0.2, 0.25) is 0 Å². The molecule has 0 amide bonds. The molecule has 0 spiro atoms. The molecular weight excluding hydrogens is 404 g/mol. The Balaban J connectivity index is 1.27. The van der Waals surface area contributed by atoms with Gasteiger partial charge in [-0.2, -0.15) is 0 Å². The van der Waals surface area contributed by atoms with E-state index in [1.807, 2.05) is 31.2 Å². The fraction of sp³-hybridized carbons (Fsp3) is 0.538. The topological polar surface area (TPSA) is 59.1 Å². The molecule has 2 aliphatic heterocycles. The number of ketones is 1. The van der Waals surface area contributed by atoms with Crippen molar-refractivity contribution in [3.05, 3.63) is 47.6 Å². The third-order valence-electron chi connectivity index (χ3n) is 7.98. The van der Waals surface area contributed by atoms with Gasteiger partial charge in [-0.15, -0.1) is 0 Å². The number of para-hydroxylation sites is 2. The largest absolute Gasteiger partial charge is 0.495 e. The zero-order valence-electron chi connectivity index (χ0n) is 19.2. The van der Waals surface area contributed by atoms with Crippen molar-refractivity contribution in [1.29, 1.82) is 0 Å². The van der Waals surface area contributed by atoms with Crippen LogP contribution in [-0.4, -0.2) is 62.6 Å².